The second-order valence-electron chi connectivity index (χ2n) is 7.37. The van der Waals surface area contributed by atoms with Gasteiger partial charge in [0, 0.05) is 18.5 Å². The summed E-state index contributed by atoms with van der Waals surface area (Å²) in [7, 11) is 0. The van der Waals surface area contributed by atoms with Gasteiger partial charge >= 0.3 is 0 Å². The summed E-state index contributed by atoms with van der Waals surface area (Å²) in [5.74, 6) is 1.14. The second-order valence-corrected chi connectivity index (χ2v) is 7.37. The summed E-state index contributed by atoms with van der Waals surface area (Å²) in [6.45, 7) is 10.2. The van der Waals surface area contributed by atoms with Crippen LogP contribution in [0.5, 0.6) is 5.75 Å². The Morgan fingerprint density at radius 2 is 1.65 bits per heavy atom. The molecule has 3 heteroatoms. The zero-order valence-corrected chi connectivity index (χ0v) is 16.2. The molecular weight excluding hydrogens is 322 g/mol. The van der Waals surface area contributed by atoms with E-state index in [9.17, 15) is 4.79 Å². The molecule has 1 aliphatic rings. The number of benzene rings is 2. The molecule has 138 valence electrons. The minimum Gasteiger partial charge on any atom is -0.492 e. The molecule has 0 radical (unpaired) electrons. The first kappa shape index (κ1) is 18.7. The standard InChI is InChI=1S/C23H29NO2/c1-17-8-4-5-9-21(17)22(25)16-20-14-18(2)23(19(3)15-20)26-13-12-24-10-6-7-11-24/h4-5,8-9,14-15H,6-7,10-13,16H2,1-3H3. The predicted octanol–water partition coefficient (Wildman–Crippen LogP) is 4.51. The maximum absolute atomic E-state index is 12.6. The minimum absolute atomic E-state index is 0.171. The number of carbonyl (C=O) groups is 1. The molecule has 0 aliphatic carbocycles. The number of aryl methyl sites for hydroxylation is 3. The Morgan fingerprint density at radius 1 is 1.00 bits per heavy atom. The van der Waals surface area contributed by atoms with Crippen LogP contribution in [-0.4, -0.2) is 36.9 Å². The Labute approximate surface area is 157 Å². The molecule has 1 saturated heterocycles. The maximum Gasteiger partial charge on any atom is 0.167 e. The van der Waals surface area contributed by atoms with Crippen LogP contribution in [-0.2, 0) is 6.42 Å². The van der Waals surface area contributed by atoms with Gasteiger partial charge in [-0.05, 0) is 69.0 Å². The summed E-state index contributed by atoms with van der Waals surface area (Å²) < 4.78 is 6.07. The fourth-order valence-electron chi connectivity index (χ4n) is 3.82. The highest BCUT2D eigenvalue weighted by Gasteiger charge is 2.14. The molecule has 2 aromatic rings. The normalized spacial score (nSPS) is 14.6. The van der Waals surface area contributed by atoms with E-state index in [1.54, 1.807) is 0 Å². The highest BCUT2D eigenvalue weighted by molar-refractivity contribution is 5.98. The lowest BCUT2D eigenvalue weighted by Crippen LogP contribution is -2.25. The fraction of sp³-hybridized carbons (Fsp3) is 0.435. The molecule has 2 aromatic carbocycles. The van der Waals surface area contributed by atoms with Crippen molar-refractivity contribution in [2.24, 2.45) is 0 Å². The van der Waals surface area contributed by atoms with Gasteiger partial charge in [0.1, 0.15) is 12.4 Å². The van der Waals surface area contributed by atoms with Crippen LogP contribution in [0.2, 0.25) is 0 Å². The van der Waals surface area contributed by atoms with Crippen LogP contribution >= 0.6 is 0 Å². The quantitative estimate of drug-likeness (QED) is 0.687. The van der Waals surface area contributed by atoms with Crippen molar-refractivity contribution >= 4 is 5.78 Å². The van der Waals surface area contributed by atoms with E-state index in [-0.39, 0.29) is 5.78 Å². The molecule has 0 unspecified atom stereocenters. The summed E-state index contributed by atoms with van der Waals surface area (Å²) >= 11 is 0. The number of Topliss-reactive ketones (excluding diaryl/α,β-unsaturated/α-hetero) is 1. The summed E-state index contributed by atoms with van der Waals surface area (Å²) in [6, 6.07) is 12.0. The molecular formula is C23H29NO2. The van der Waals surface area contributed by atoms with Crippen LogP contribution in [0.25, 0.3) is 0 Å². The molecule has 1 heterocycles. The number of likely N-dealkylation sites (tertiary alicyclic amines) is 1. The monoisotopic (exact) mass is 351 g/mol. The molecule has 3 nitrogen and oxygen atoms in total. The highest BCUT2D eigenvalue weighted by Crippen LogP contribution is 2.26. The van der Waals surface area contributed by atoms with Gasteiger partial charge < -0.3 is 4.74 Å². The van der Waals surface area contributed by atoms with E-state index in [0.717, 1.165) is 46.7 Å². The Balaban J connectivity index is 1.64. The Bertz CT molecular complexity index is 753. The van der Waals surface area contributed by atoms with Crippen molar-refractivity contribution < 1.29 is 9.53 Å². The van der Waals surface area contributed by atoms with Crippen LogP contribution in [0.15, 0.2) is 36.4 Å². The van der Waals surface area contributed by atoms with Crippen molar-refractivity contribution in [1.82, 2.24) is 4.90 Å². The highest BCUT2D eigenvalue weighted by atomic mass is 16.5. The lowest BCUT2D eigenvalue weighted by Gasteiger charge is -2.18. The van der Waals surface area contributed by atoms with E-state index in [1.807, 2.05) is 31.2 Å². The number of carbonyl (C=O) groups excluding carboxylic acids is 1. The summed E-state index contributed by atoms with van der Waals surface area (Å²) in [4.78, 5) is 15.1. The SMILES string of the molecule is Cc1ccccc1C(=O)Cc1cc(C)c(OCCN2CCCC2)c(C)c1. The average molecular weight is 351 g/mol. The molecule has 0 N–H and O–H groups in total. The molecule has 0 bridgehead atoms. The van der Waals surface area contributed by atoms with E-state index in [4.69, 9.17) is 4.74 Å². The van der Waals surface area contributed by atoms with E-state index >= 15 is 0 Å². The topological polar surface area (TPSA) is 29.5 Å². The number of hydrogen-bond acceptors (Lipinski definition) is 3. The summed E-state index contributed by atoms with van der Waals surface area (Å²) in [5.41, 5.74) is 5.12. The molecule has 26 heavy (non-hydrogen) atoms. The van der Waals surface area contributed by atoms with Gasteiger partial charge in [0.05, 0.1) is 0 Å². The van der Waals surface area contributed by atoms with Crippen molar-refractivity contribution in [3.63, 3.8) is 0 Å². The number of hydrogen-bond donors (Lipinski definition) is 0. The smallest absolute Gasteiger partial charge is 0.167 e. The van der Waals surface area contributed by atoms with Crippen LogP contribution < -0.4 is 4.74 Å². The summed E-state index contributed by atoms with van der Waals surface area (Å²) in [5, 5.41) is 0. The number of ketones is 1. The molecule has 0 amide bonds. The number of rotatable bonds is 7. The predicted molar refractivity (Wildman–Crippen MR) is 106 cm³/mol. The lowest BCUT2D eigenvalue weighted by molar-refractivity contribution is 0.0992. The van der Waals surface area contributed by atoms with E-state index in [0.29, 0.717) is 6.42 Å². The third kappa shape index (κ3) is 4.53. The molecule has 0 aromatic heterocycles. The molecule has 0 atom stereocenters. The van der Waals surface area contributed by atoms with Crippen molar-refractivity contribution in [2.75, 3.05) is 26.2 Å². The second kappa shape index (κ2) is 8.50. The van der Waals surface area contributed by atoms with Crippen molar-refractivity contribution in [3.8, 4) is 5.75 Å². The maximum atomic E-state index is 12.6. The molecule has 1 aliphatic heterocycles. The van der Waals surface area contributed by atoms with Gasteiger partial charge in [0.25, 0.3) is 0 Å². The van der Waals surface area contributed by atoms with E-state index in [2.05, 4.69) is 30.9 Å². The Kier molecular flexibility index (Phi) is 6.10. The van der Waals surface area contributed by atoms with Gasteiger partial charge in [0.15, 0.2) is 5.78 Å². The minimum atomic E-state index is 0.171. The summed E-state index contributed by atoms with van der Waals surface area (Å²) in [6.07, 6.45) is 3.05. The van der Waals surface area contributed by atoms with Gasteiger partial charge in [-0.25, -0.2) is 0 Å². The molecule has 0 spiro atoms. The van der Waals surface area contributed by atoms with Gasteiger partial charge in [0.2, 0.25) is 0 Å². The zero-order valence-electron chi connectivity index (χ0n) is 16.2. The van der Waals surface area contributed by atoms with E-state index in [1.165, 1.54) is 25.9 Å². The number of ether oxygens (including phenoxy) is 1. The first-order valence-corrected chi connectivity index (χ1v) is 9.58. The van der Waals surface area contributed by atoms with Gasteiger partial charge in [-0.15, -0.1) is 0 Å². The van der Waals surface area contributed by atoms with Crippen molar-refractivity contribution in [1.29, 1.82) is 0 Å². The van der Waals surface area contributed by atoms with E-state index < -0.39 is 0 Å². The van der Waals surface area contributed by atoms with Crippen LogP contribution in [0, 0.1) is 20.8 Å². The van der Waals surface area contributed by atoms with Gasteiger partial charge in [-0.1, -0.05) is 36.4 Å². The average Bonchev–Trinajstić information content (AvgIpc) is 3.11. The van der Waals surface area contributed by atoms with Crippen LogP contribution in [0.4, 0.5) is 0 Å². The number of nitrogens with zero attached hydrogens (tertiary/aromatic N) is 1. The first-order valence-electron chi connectivity index (χ1n) is 9.58. The van der Waals surface area contributed by atoms with Crippen molar-refractivity contribution in [3.05, 3.63) is 64.2 Å². The molecule has 1 fully saturated rings. The lowest BCUT2D eigenvalue weighted by atomic mass is 9.97. The molecule has 3 rings (SSSR count). The van der Waals surface area contributed by atoms with Crippen LogP contribution in [0.3, 0.4) is 0 Å². The fourth-order valence-corrected chi connectivity index (χ4v) is 3.82. The zero-order chi connectivity index (χ0) is 18.5. The van der Waals surface area contributed by atoms with Gasteiger partial charge in [-0.3, -0.25) is 9.69 Å². The third-order valence-corrected chi connectivity index (χ3v) is 5.18. The first-order chi connectivity index (χ1) is 12.5. The van der Waals surface area contributed by atoms with Crippen LogP contribution in [0.1, 0.15) is 45.5 Å². The largest absolute Gasteiger partial charge is 0.492 e. The molecule has 0 saturated carbocycles. The van der Waals surface area contributed by atoms with Crippen molar-refractivity contribution in [2.45, 2.75) is 40.0 Å². The third-order valence-electron chi connectivity index (χ3n) is 5.18. The Hall–Kier alpha value is -2.13. The van der Waals surface area contributed by atoms with Gasteiger partial charge in [-0.2, -0.15) is 0 Å². The Morgan fingerprint density at radius 3 is 2.31 bits per heavy atom.